The monoisotopic (exact) mass is 439 g/mol. The molecule has 1 aliphatic rings. The second kappa shape index (κ2) is 8.27. The number of amides is 1. The number of fused-ring (bicyclic) bond motifs is 1. The predicted octanol–water partition coefficient (Wildman–Crippen LogP) is 4.37. The van der Waals surface area contributed by atoms with Crippen molar-refractivity contribution < 1.29 is 19.8 Å². The van der Waals surface area contributed by atoms with E-state index < -0.39 is 17.7 Å². The lowest BCUT2D eigenvalue weighted by molar-refractivity contribution is -0.118. The number of phenols is 1. The van der Waals surface area contributed by atoms with Gasteiger partial charge in [0, 0.05) is 6.42 Å². The van der Waals surface area contributed by atoms with E-state index in [1.165, 1.54) is 17.0 Å². The van der Waals surface area contributed by atoms with Gasteiger partial charge in [-0.25, -0.2) is 4.98 Å². The Morgan fingerprint density at radius 3 is 2.36 bits per heavy atom. The first-order chi connectivity index (χ1) is 16.0. The number of Topliss-reactive ketones (excluding diaryl/α,β-unsaturated/α-hetero) is 1. The Balaban J connectivity index is 1.55. The van der Waals surface area contributed by atoms with Crippen molar-refractivity contribution in [3.8, 4) is 5.75 Å². The summed E-state index contributed by atoms with van der Waals surface area (Å²) in [6.45, 7) is 0. The second-order valence-electron chi connectivity index (χ2n) is 7.92. The molecule has 0 radical (unpaired) electrons. The first kappa shape index (κ1) is 20.5. The number of aromatic hydroxyl groups is 1. The number of hydrogen-bond donors (Lipinski definition) is 3. The summed E-state index contributed by atoms with van der Waals surface area (Å²) in [6, 6.07) is 22.3. The number of carbonyl (C=O) groups excluding carboxylic acids is 2. The highest BCUT2D eigenvalue weighted by atomic mass is 16.3. The zero-order valence-corrected chi connectivity index (χ0v) is 17.6. The number of aromatic amines is 1. The van der Waals surface area contributed by atoms with Gasteiger partial charge in [-0.15, -0.1) is 0 Å². The van der Waals surface area contributed by atoms with E-state index in [4.69, 9.17) is 0 Å². The third-order valence-corrected chi connectivity index (χ3v) is 5.81. The fraction of sp³-hybridized carbons (Fsp3) is 0.115. The third-order valence-electron chi connectivity index (χ3n) is 5.81. The lowest BCUT2D eigenvalue weighted by Gasteiger charge is -2.24. The van der Waals surface area contributed by atoms with Crippen molar-refractivity contribution in [3.05, 3.63) is 101 Å². The molecule has 7 nitrogen and oxygen atoms in total. The Morgan fingerprint density at radius 2 is 1.64 bits per heavy atom. The van der Waals surface area contributed by atoms with Gasteiger partial charge in [0.1, 0.15) is 5.75 Å². The van der Waals surface area contributed by atoms with Crippen LogP contribution in [0.3, 0.4) is 0 Å². The van der Waals surface area contributed by atoms with Crippen LogP contribution in [0.4, 0.5) is 5.95 Å². The minimum absolute atomic E-state index is 0.0297. The number of H-pyrrole nitrogens is 1. The molecule has 2 heterocycles. The summed E-state index contributed by atoms with van der Waals surface area (Å²) >= 11 is 0. The topological polar surface area (TPSA) is 107 Å². The minimum Gasteiger partial charge on any atom is -0.508 e. The summed E-state index contributed by atoms with van der Waals surface area (Å²) in [4.78, 5) is 35.4. The molecule has 164 valence electrons. The fourth-order valence-electron chi connectivity index (χ4n) is 4.17. The van der Waals surface area contributed by atoms with Crippen LogP contribution in [-0.4, -0.2) is 31.9 Å². The number of aliphatic hydroxyl groups excluding tert-OH is 1. The van der Waals surface area contributed by atoms with Crippen molar-refractivity contribution >= 4 is 28.7 Å². The van der Waals surface area contributed by atoms with Crippen LogP contribution < -0.4 is 4.90 Å². The number of rotatable bonds is 6. The number of carbonyl (C=O) groups is 2. The summed E-state index contributed by atoms with van der Waals surface area (Å²) in [5.41, 5.74) is 2.99. The molecule has 4 aromatic rings. The summed E-state index contributed by atoms with van der Waals surface area (Å²) in [6.07, 6.45) is 0.622. The molecule has 0 saturated heterocycles. The normalized spacial score (nSPS) is 16.1. The molecule has 0 bridgehead atoms. The highest BCUT2D eigenvalue weighted by molar-refractivity contribution is 6.16. The predicted molar refractivity (Wildman–Crippen MR) is 124 cm³/mol. The Morgan fingerprint density at radius 1 is 0.939 bits per heavy atom. The van der Waals surface area contributed by atoms with Gasteiger partial charge in [0.2, 0.25) is 5.95 Å². The number of aliphatic hydroxyl groups is 1. The Hall–Kier alpha value is -4.39. The molecule has 7 heteroatoms. The van der Waals surface area contributed by atoms with Gasteiger partial charge in [0.25, 0.3) is 5.91 Å². The molecule has 0 saturated carbocycles. The van der Waals surface area contributed by atoms with E-state index in [2.05, 4.69) is 9.97 Å². The van der Waals surface area contributed by atoms with Crippen molar-refractivity contribution in [2.24, 2.45) is 0 Å². The Bertz CT molecular complexity index is 1340. The van der Waals surface area contributed by atoms with Gasteiger partial charge in [-0.2, -0.15) is 0 Å². The number of benzene rings is 3. The number of aryl methyl sites for hydroxylation is 1. The number of nitrogens with one attached hydrogen (secondary N) is 1. The highest BCUT2D eigenvalue weighted by Gasteiger charge is 2.45. The molecule has 1 amide bonds. The van der Waals surface area contributed by atoms with E-state index in [0.29, 0.717) is 17.5 Å². The molecular weight excluding hydrogens is 418 g/mol. The standard InChI is InChI=1S/C26H21N3O4/c30-18-13-11-17(12-14-18)23-22(21(31)15-10-16-6-2-1-3-7-16)24(32)25(33)29(23)26-27-19-8-4-5-9-20(19)28-26/h1-9,11-14,23,30,32H,10,15H2,(H,27,28). The first-order valence-corrected chi connectivity index (χ1v) is 10.6. The van der Waals surface area contributed by atoms with Crippen LogP contribution in [0, 0.1) is 0 Å². The molecule has 3 aromatic carbocycles. The maximum absolute atomic E-state index is 13.3. The van der Waals surface area contributed by atoms with Crippen molar-refractivity contribution in [1.29, 1.82) is 0 Å². The average molecular weight is 439 g/mol. The lowest BCUT2D eigenvalue weighted by Crippen LogP contribution is -2.32. The van der Waals surface area contributed by atoms with E-state index in [0.717, 1.165) is 11.1 Å². The maximum atomic E-state index is 13.3. The maximum Gasteiger partial charge on any atom is 0.296 e. The van der Waals surface area contributed by atoms with Crippen LogP contribution >= 0.6 is 0 Å². The van der Waals surface area contributed by atoms with Crippen LogP contribution in [0.5, 0.6) is 5.75 Å². The van der Waals surface area contributed by atoms with Gasteiger partial charge in [-0.1, -0.05) is 54.6 Å². The SMILES string of the molecule is O=C(CCc1ccccc1)C1=C(O)C(=O)N(c2nc3ccccc3[nH]2)C1c1ccc(O)cc1. The van der Waals surface area contributed by atoms with E-state index in [9.17, 15) is 19.8 Å². The number of imidazole rings is 1. The third kappa shape index (κ3) is 3.74. The van der Waals surface area contributed by atoms with Crippen molar-refractivity contribution in [2.75, 3.05) is 4.90 Å². The largest absolute Gasteiger partial charge is 0.508 e. The summed E-state index contributed by atoms with van der Waals surface area (Å²) < 4.78 is 0. The Labute approximate surface area is 189 Å². The Kier molecular flexibility index (Phi) is 5.14. The summed E-state index contributed by atoms with van der Waals surface area (Å²) in [7, 11) is 0. The smallest absolute Gasteiger partial charge is 0.296 e. The molecule has 1 aliphatic heterocycles. The zero-order valence-electron chi connectivity index (χ0n) is 17.6. The molecule has 1 atom stereocenters. The number of aromatic nitrogens is 2. The molecule has 1 unspecified atom stereocenters. The van der Waals surface area contributed by atoms with E-state index >= 15 is 0 Å². The van der Waals surface area contributed by atoms with Crippen molar-refractivity contribution in [2.45, 2.75) is 18.9 Å². The van der Waals surface area contributed by atoms with Gasteiger partial charge >= 0.3 is 0 Å². The van der Waals surface area contributed by atoms with Crippen molar-refractivity contribution in [3.63, 3.8) is 0 Å². The molecule has 1 aromatic heterocycles. The quantitative estimate of drug-likeness (QED) is 0.414. The number of para-hydroxylation sites is 2. The van der Waals surface area contributed by atoms with E-state index in [-0.39, 0.29) is 29.5 Å². The molecule has 0 spiro atoms. The van der Waals surface area contributed by atoms with Crippen LogP contribution in [0.2, 0.25) is 0 Å². The van der Waals surface area contributed by atoms with Gasteiger partial charge in [-0.05, 0) is 41.8 Å². The zero-order chi connectivity index (χ0) is 22.9. The van der Waals surface area contributed by atoms with Crippen LogP contribution in [0.1, 0.15) is 23.6 Å². The summed E-state index contributed by atoms with van der Waals surface area (Å²) in [5.74, 6) is -1.30. The molecule has 0 aliphatic carbocycles. The average Bonchev–Trinajstić information content (AvgIpc) is 3.37. The number of phenolic OH excluding ortho intramolecular Hbond substituents is 1. The first-order valence-electron chi connectivity index (χ1n) is 10.6. The molecule has 5 rings (SSSR count). The highest BCUT2D eigenvalue weighted by Crippen LogP contribution is 2.41. The molecular formula is C26H21N3O4. The number of anilines is 1. The lowest BCUT2D eigenvalue weighted by atomic mass is 9.93. The van der Waals surface area contributed by atoms with Crippen molar-refractivity contribution in [1.82, 2.24) is 9.97 Å². The molecule has 3 N–H and O–H groups in total. The fourth-order valence-corrected chi connectivity index (χ4v) is 4.17. The van der Waals surface area contributed by atoms with Gasteiger partial charge < -0.3 is 15.2 Å². The van der Waals surface area contributed by atoms with E-state index in [1.807, 2.05) is 54.6 Å². The number of hydrogen-bond acceptors (Lipinski definition) is 5. The minimum atomic E-state index is -0.873. The number of ketones is 1. The van der Waals surface area contributed by atoms with Gasteiger partial charge in [0.05, 0.1) is 22.6 Å². The van der Waals surface area contributed by atoms with Gasteiger partial charge in [0.15, 0.2) is 11.5 Å². The van der Waals surface area contributed by atoms with Crippen LogP contribution in [-0.2, 0) is 16.0 Å². The van der Waals surface area contributed by atoms with Crippen LogP contribution in [0.15, 0.2) is 90.2 Å². The molecule has 33 heavy (non-hydrogen) atoms. The number of nitrogens with zero attached hydrogens (tertiary/aromatic N) is 2. The second-order valence-corrected chi connectivity index (χ2v) is 7.92. The molecule has 0 fully saturated rings. The van der Waals surface area contributed by atoms with Crippen LogP contribution in [0.25, 0.3) is 11.0 Å². The van der Waals surface area contributed by atoms with E-state index in [1.54, 1.807) is 12.1 Å². The summed E-state index contributed by atoms with van der Waals surface area (Å²) in [5, 5.41) is 20.5. The van der Waals surface area contributed by atoms with Gasteiger partial charge in [-0.3, -0.25) is 14.5 Å².